The van der Waals surface area contributed by atoms with Crippen LogP contribution in [-0.2, 0) is 14.8 Å². The predicted octanol–water partition coefficient (Wildman–Crippen LogP) is 6.40. The average molecular weight is 563 g/mol. The minimum atomic E-state index is -3.71. The lowest BCUT2D eigenvalue weighted by Gasteiger charge is -2.22. The molecule has 0 unspecified atom stereocenters. The molecule has 0 amide bonds. The zero-order valence-electron chi connectivity index (χ0n) is 18.3. The molecule has 0 bridgehead atoms. The van der Waals surface area contributed by atoms with Crippen LogP contribution in [0.25, 0.3) is 0 Å². The van der Waals surface area contributed by atoms with Gasteiger partial charge in [0, 0.05) is 11.3 Å². The van der Waals surface area contributed by atoms with E-state index in [9.17, 15) is 18.0 Å². The van der Waals surface area contributed by atoms with Gasteiger partial charge in [0.2, 0.25) is 0 Å². The Labute approximate surface area is 211 Å². The Morgan fingerprint density at radius 3 is 2.18 bits per heavy atom. The lowest BCUT2D eigenvalue weighted by Crippen LogP contribution is -2.15. The third-order valence-electron chi connectivity index (χ3n) is 5.83. The summed E-state index contributed by atoms with van der Waals surface area (Å²) < 4.78 is 33.3. The highest BCUT2D eigenvalue weighted by Crippen LogP contribution is 2.32. The number of esters is 1. The van der Waals surface area contributed by atoms with Crippen LogP contribution in [0.5, 0.6) is 0 Å². The molecular formula is C25H24BrNO5S2. The highest BCUT2D eigenvalue weighted by molar-refractivity contribution is 9.11. The van der Waals surface area contributed by atoms with Crippen LogP contribution in [0, 0.1) is 0 Å². The zero-order chi connectivity index (χ0) is 24.1. The molecule has 1 fully saturated rings. The predicted molar refractivity (Wildman–Crippen MR) is 136 cm³/mol. The number of hydrogen-bond acceptors (Lipinski definition) is 6. The standard InChI is InChI=1S/C25H24BrNO5S2/c26-23-14-15-24(33-23)34(30,31)27-21-12-10-20(11-13-21)25(29)32-16-22(28)19-8-6-18(7-9-19)17-4-2-1-3-5-17/h6-15,17,27H,1-5,16H2. The molecule has 0 spiro atoms. The highest BCUT2D eigenvalue weighted by Gasteiger charge is 2.18. The average Bonchev–Trinajstić information content (AvgIpc) is 3.30. The minimum Gasteiger partial charge on any atom is -0.454 e. The summed E-state index contributed by atoms with van der Waals surface area (Å²) in [6.07, 6.45) is 6.18. The molecule has 34 heavy (non-hydrogen) atoms. The van der Waals surface area contributed by atoms with Gasteiger partial charge < -0.3 is 4.74 Å². The summed E-state index contributed by atoms with van der Waals surface area (Å²) in [6.45, 7) is -0.358. The Morgan fingerprint density at radius 2 is 1.56 bits per heavy atom. The van der Waals surface area contributed by atoms with Crippen LogP contribution in [0.15, 0.2) is 68.7 Å². The Hall–Kier alpha value is -2.49. The first-order valence-corrected chi connectivity index (χ1v) is 14.1. The molecule has 4 rings (SSSR count). The lowest BCUT2D eigenvalue weighted by atomic mass is 9.84. The van der Waals surface area contributed by atoms with Crippen molar-refractivity contribution in [3.05, 3.63) is 81.1 Å². The van der Waals surface area contributed by atoms with E-state index in [4.69, 9.17) is 4.74 Å². The van der Waals surface area contributed by atoms with E-state index in [2.05, 4.69) is 20.7 Å². The Balaban J connectivity index is 1.31. The van der Waals surface area contributed by atoms with E-state index in [0.717, 1.165) is 11.3 Å². The third-order valence-corrected chi connectivity index (χ3v) is 9.33. The van der Waals surface area contributed by atoms with Crippen molar-refractivity contribution >= 4 is 54.7 Å². The number of anilines is 1. The highest BCUT2D eigenvalue weighted by atomic mass is 79.9. The molecule has 1 heterocycles. The van der Waals surface area contributed by atoms with Crippen LogP contribution in [0.2, 0.25) is 0 Å². The molecule has 9 heteroatoms. The third kappa shape index (κ3) is 6.14. The Bertz CT molecular complexity index is 1260. The number of thiophene rings is 1. The number of nitrogens with one attached hydrogen (secondary N) is 1. The van der Waals surface area contributed by atoms with Gasteiger partial charge >= 0.3 is 5.97 Å². The first-order chi connectivity index (χ1) is 16.3. The van der Waals surface area contributed by atoms with Crippen molar-refractivity contribution in [3.63, 3.8) is 0 Å². The van der Waals surface area contributed by atoms with Crippen LogP contribution < -0.4 is 4.72 Å². The van der Waals surface area contributed by atoms with Crippen molar-refractivity contribution in [3.8, 4) is 0 Å². The first kappa shape index (κ1) is 24.6. The maximum Gasteiger partial charge on any atom is 0.338 e. The number of sulfonamides is 1. The second kappa shape index (κ2) is 10.8. The quantitative estimate of drug-likeness (QED) is 0.254. The number of halogens is 1. The first-order valence-electron chi connectivity index (χ1n) is 11.0. The van der Waals surface area contributed by atoms with Crippen LogP contribution in [0.4, 0.5) is 5.69 Å². The second-order valence-electron chi connectivity index (χ2n) is 8.20. The van der Waals surface area contributed by atoms with Gasteiger partial charge in [0.25, 0.3) is 10.0 Å². The maximum absolute atomic E-state index is 12.5. The molecule has 1 aromatic heterocycles. The second-order valence-corrected chi connectivity index (χ2v) is 12.6. The molecule has 0 radical (unpaired) electrons. The minimum absolute atomic E-state index is 0.174. The zero-order valence-corrected chi connectivity index (χ0v) is 21.5. The van der Waals surface area contributed by atoms with Crippen molar-refractivity contribution in [2.75, 3.05) is 11.3 Å². The van der Waals surface area contributed by atoms with Crippen LogP contribution >= 0.6 is 27.3 Å². The van der Waals surface area contributed by atoms with Gasteiger partial charge in [-0.2, -0.15) is 0 Å². The molecule has 2 aromatic carbocycles. The molecule has 178 valence electrons. The van der Waals surface area contributed by atoms with E-state index in [1.807, 2.05) is 12.1 Å². The van der Waals surface area contributed by atoms with Crippen molar-refractivity contribution in [1.29, 1.82) is 0 Å². The van der Waals surface area contributed by atoms with Gasteiger partial charge in [-0.3, -0.25) is 9.52 Å². The number of benzene rings is 2. The number of Topliss-reactive ketones (excluding diaryl/α,β-unsaturated/α-hetero) is 1. The van der Waals surface area contributed by atoms with E-state index in [-0.39, 0.29) is 22.2 Å². The van der Waals surface area contributed by atoms with Gasteiger partial charge in [0.15, 0.2) is 12.4 Å². The molecular weight excluding hydrogens is 538 g/mol. The summed E-state index contributed by atoms with van der Waals surface area (Å²) in [5.41, 5.74) is 2.31. The van der Waals surface area contributed by atoms with Gasteiger partial charge in [-0.25, -0.2) is 13.2 Å². The number of rotatable bonds is 8. The van der Waals surface area contributed by atoms with Crippen molar-refractivity contribution in [1.82, 2.24) is 0 Å². The number of hydrogen-bond donors (Lipinski definition) is 1. The largest absolute Gasteiger partial charge is 0.454 e. The summed E-state index contributed by atoms with van der Waals surface area (Å²) in [4.78, 5) is 24.8. The summed E-state index contributed by atoms with van der Waals surface area (Å²) in [5.74, 6) is -0.353. The monoisotopic (exact) mass is 561 g/mol. The van der Waals surface area contributed by atoms with Crippen LogP contribution in [0.3, 0.4) is 0 Å². The van der Waals surface area contributed by atoms with E-state index in [1.54, 1.807) is 18.2 Å². The number of ketones is 1. The SMILES string of the molecule is O=C(COC(=O)c1ccc(NS(=O)(=O)c2ccc(Br)s2)cc1)c1ccc(C2CCCCC2)cc1. The molecule has 0 aliphatic heterocycles. The van der Waals surface area contributed by atoms with Gasteiger partial charge in [-0.1, -0.05) is 43.5 Å². The van der Waals surface area contributed by atoms with Crippen LogP contribution in [-0.4, -0.2) is 26.8 Å². The lowest BCUT2D eigenvalue weighted by molar-refractivity contribution is 0.0475. The summed E-state index contributed by atoms with van der Waals surface area (Å²) >= 11 is 4.34. The van der Waals surface area contributed by atoms with Gasteiger partial charge in [0.05, 0.1) is 9.35 Å². The van der Waals surface area contributed by atoms with Gasteiger partial charge in [0.1, 0.15) is 4.21 Å². The molecule has 6 nitrogen and oxygen atoms in total. The number of carbonyl (C=O) groups is 2. The number of carbonyl (C=O) groups excluding carboxylic acids is 2. The molecule has 1 aliphatic rings. The molecule has 1 saturated carbocycles. The van der Waals surface area contributed by atoms with Gasteiger partial charge in [-0.15, -0.1) is 11.3 Å². The van der Waals surface area contributed by atoms with Crippen molar-refractivity contribution < 1.29 is 22.7 Å². The molecule has 1 N–H and O–H groups in total. The van der Waals surface area contributed by atoms with E-state index in [0.29, 0.717) is 21.0 Å². The summed E-state index contributed by atoms with van der Waals surface area (Å²) in [7, 11) is -3.71. The normalized spacial score (nSPS) is 14.5. The Kier molecular flexibility index (Phi) is 7.85. The van der Waals surface area contributed by atoms with E-state index >= 15 is 0 Å². The molecule has 0 saturated heterocycles. The van der Waals surface area contributed by atoms with Crippen molar-refractivity contribution in [2.45, 2.75) is 42.2 Å². The molecule has 3 aromatic rings. The fourth-order valence-corrected chi connectivity index (χ4v) is 7.07. The number of ether oxygens (including phenoxy) is 1. The van der Waals surface area contributed by atoms with Crippen molar-refractivity contribution in [2.24, 2.45) is 0 Å². The smallest absolute Gasteiger partial charge is 0.338 e. The van der Waals surface area contributed by atoms with E-state index < -0.39 is 16.0 Å². The van der Waals surface area contributed by atoms with Crippen LogP contribution in [0.1, 0.15) is 64.3 Å². The Morgan fingerprint density at radius 1 is 0.912 bits per heavy atom. The molecule has 0 atom stereocenters. The topological polar surface area (TPSA) is 89.5 Å². The fraction of sp³-hybridized carbons (Fsp3) is 0.280. The maximum atomic E-state index is 12.5. The summed E-state index contributed by atoms with van der Waals surface area (Å²) in [5, 5.41) is 0. The van der Waals surface area contributed by atoms with E-state index in [1.165, 1.54) is 68.0 Å². The molecule has 1 aliphatic carbocycles. The van der Waals surface area contributed by atoms with Gasteiger partial charge in [-0.05, 0) is 76.7 Å². The fourth-order valence-electron chi connectivity index (χ4n) is 4.00. The summed E-state index contributed by atoms with van der Waals surface area (Å²) in [6, 6.07) is 16.6.